The monoisotopic (exact) mass is 393 g/mol. The van der Waals surface area contributed by atoms with Crippen molar-refractivity contribution in [3.63, 3.8) is 0 Å². The van der Waals surface area contributed by atoms with Crippen molar-refractivity contribution in [1.29, 1.82) is 0 Å². The summed E-state index contributed by atoms with van der Waals surface area (Å²) >= 11 is 0. The van der Waals surface area contributed by atoms with Crippen molar-refractivity contribution in [2.45, 2.75) is 4.90 Å². The molecule has 1 aliphatic heterocycles. The first-order chi connectivity index (χ1) is 12.9. The summed E-state index contributed by atoms with van der Waals surface area (Å²) in [6.45, 7) is 1.87. The third-order valence-corrected chi connectivity index (χ3v) is 6.53. The lowest BCUT2D eigenvalue weighted by Gasteiger charge is -2.35. The van der Waals surface area contributed by atoms with Gasteiger partial charge in [-0.15, -0.1) is 0 Å². The number of benzene rings is 1. The molecule has 0 bridgehead atoms. The van der Waals surface area contributed by atoms with Gasteiger partial charge >= 0.3 is 5.97 Å². The highest BCUT2D eigenvalue weighted by Crippen LogP contribution is 2.25. The van der Waals surface area contributed by atoms with E-state index < -0.39 is 16.0 Å². The van der Waals surface area contributed by atoms with Gasteiger partial charge in [-0.1, -0.05) is 6.07 Å². The maximum Gasteiger partial charge on any atom is 0.354 e. The SMILES string of the molecule is COC(=O)c1cc(S(=O)(=O)N2CCN(c3cccc(OC)c3)CC2)cn1C. The maximum atomic E-state index is 12.9. The number of piperazine rings is 1. The van der Waals surface area contributed by atoms with Gasteiger partial charge in [0.25, 0.3) is 0 Å². The minimum atomic E-state index is -3.67. The number of aromatic nitrogens is 1. The van der Waals surface area contributed by atoms with Gasteiger partial charge in [0, 0.05) is 51.2 Å². The second-order valence-electron chi connectivity index (χ2n) is 6.26. The van der Waals surface area contributed by atoms with Gasteiger partial charge in [-0.3, -0.25) is 0 Å². The molecule has 2 aromatic rings. The van der Waals surface area contributed by atoms with Gasteiger partial charge < -0.3 is 18.9 Å². The van der Waals surface area contributed by atoms with Crippen LogP contribution in [-0.2, 0) is 21.8 Å². The van der Waals surface area contributed by atoms with Crippen LogP contribution in [0.2, 0.25) is 0 Å². The number of methoxy groups -OCH3 is 2. The van der Waals surface area contributed by atoms with Crippen molar-refractivity contribution in [1.82, 2.24) is 8.87 Å². The largest absolute Gasteiger partial charge is 0.497 e. The Kier molecular flexibility index (Phi) is 5.43. The summed E-state index contributed by atoms with van der Waals surface area (Å²) in [7, 11) is 0.829. The second kappa shape index (κ2) is 7.61. The van der Waals surface area contributed by atoms with Gasteiger partial charge in [-0.05, 0) is 18.2 Å². The van der Waals surface area contributed by atoms with Crippen LogP contribution < -0.4 is 9.64 Å². The van der Waals surface area contributed by atoms with E-state index >= 15 is 0 Å². The molecular weight excluding hydrogens is 370 g/mol. The highest BCUT2D eigenvalue weighted by Gasteiger charge is 2.30. The number of ether oxygens (including phenoxy) is 2. The van der Waals surface area contributed by atoms with Crippen molar-refractivity contribution in [3.8, 4) is 5.75 Å². The highest BCUT2D eigenvalue weighted by atomic mass is 32.2. The lowest BCUT2D eigenvalue weighted by Crippen LogP contribution is -2.48. The minimum absolute atomic E-state index is 0.0974. The number of nitrogens with zero attached hydrogens (tertiary/aromatic N) is 3. The van der Waals surface area contributed by atoms with Crippen LogP contribution in [0.5, 0.6) is 5.75 Å². The zero-order valence-corrected chi connectivity index (χ0v) is 16.4. The van der Waals surface area contributed by atoms with E-state index in [2.05, 4.69) is 9.64 Å². The predicted octanol–water partition coefficient (Wildman–Crippen LogP) is 1.33. The lowest BCUT2D eigenvalue weighted by atomic mass is 10.2. The quantitative estimate of drug-likeness (QED) is 0.713. The Bertz CT molecular complexity index is 930. The summed E-state index contributed by atoms with van der Waals surface area (Å²) in [6, 6.07) is 9.06. The number of aryl methyl sites for hydroxylation is 1. The molecule has 0 saturated carbocycles. The first-order valence-corrected chi connectivity index (χ1v) is 9.94. The van der Waals surface area contributed by atoms with Crippen molar-refractivity contribution >= 4 is 21.7 Å². The topological polar surface area (TPSA) is 81.1 Å². The first-order valence-electron chi connectivity index (χ1n) is 8.50. The molecule has 9 heteroatoms. The van der Waals surface area contributed by atoms with Crippen molar-refractivity contribution < 1.29 is 22.7 Å². The number of hydrogen-bond acceptors (Lipinski definition) is 6. The molecule has 1 aromatic heterocycles. The van der Waals surface area contributed by atoms with Crippen molar-refractivity contribution in [3.05, 3.63) is 42.2 Å². The minimum Gasteiger partial charge on any atom is -0.497 e. The molecule has 0 amide bonds. The zero-order valence-electron chi connectivity index (χ0n) is 15.6. The number of esters is 1. The van der Waals surface area contributed by atoms with Crippen LogP contribution in [0.4, 0.5) is 5.69 Å². The molecule has 0 aliphatic carbocycles. The summed E-state index contributed by atoms with van der Waals surface area (Å²) in [5.41, 5.74) is 1.20. The summed E-state index contributed by atoms with van der Waals surface area (Å²) in [5.74, 6) is 0.198. The molecule has 3 rings (SSSR count). The molecule has 8 nitrogen and oxygen atoms in total. The van der Waals surface area contributed by atoms with E-state index in [1.165, 1.54) is 28.2 Å². The van der Waals surface area contributed by atoms with E-state index in [0.717, 1.165) is 11.4 Å². The predicted molar refractivity (Wildman–Crippen MR) is 101 cm³/mol. The van der Waals surface area contributed by atoms with Gasteiger partial charge in [0.1, 0.15) is 16.3 Å². The molecule has 1 aliphatic rings. The fourth-order valence-corrected chi connectivity index (χ4v) is 4.62. The van der Waals surface area contributed by atoms with Crippen LogP contribution >= 0.6 is 0 Å². The molecular formula is C18H23N3O5S. The van der Waals surface area contributed by atoms with E-state index in [1.807, 2.05) is 24.3 Å². The molecule has 1 aromatic carbocycles. The second-order valence-corrected chi connectivity index (χ2v) is 8.19. The number of anilines is 1. The fourth-order valence-electron chi connectivity index (χ4n) is 3.13. The van der Waals surface area contributed by atoms with E-state index in [-0.39, 0.29) is 10.6 Å². The summed E-state index contributed by atoms with van der Waals surface area (Å²) in [4.78, 5) is 14.0. The van der Waals surface area contributed by atoms with Crippen LogP contribution in [0.3, 0.4) is 0 Å². The molecule has 2 heterocycles. The Morgan fingerprint density at radius 3 is 2.41 bits per heavy atom. The number of hydrogen-bond donors (Lipinski definition) is 0. The van der Waals surface area contributed by atoms with Crippen LogP contribution in [0.1, 0.15) is 10.5 Å². The molecule has 0 spiro atoms. The summed E-state index contributed by atoms with van der Waals surface area (Å²) in [6.07, 6.45) is 1.44. The number of rotatable bonds is 5. The molecule has 0 radical (unpaired) electrons. The van der Waals surface area contributed by atoms with Gasteiger partial charge in [-0.2, -0.15) is 4.31 Å². The Labute approximate surface area is 158 Å². The highest BCUT2D eigenvalue weighted by molar-refractivity contribution is 7.89. The van der Waals surface area contributed by atoms with Crippen LogP contribution in [0, 0.1) is 0 Å². The number of carbonyl (C=O) groups is 1. The lowest BCUT2D eigenvalue weighted by molar-refractivity contribution is 0.0590. The van der Waals surface area contributed by atoms with Gasteiger partial charge in [0.2, 0.25) is 10.0 Å². The Hall–Kier alpha value is -2.52. The number of sulfonamides is 1. The fraction of sp³-hybridized carbons (Fsp3) is 0.389. The third-order valence-electron chi connectivity index (χ3n) is 4.67. The van der Waals surface area contributed by atoms with Gasteiger partial charge in [-0.25, -0.2) is 13.2 Å². The normalized spacial score (nSPS) is 15.6. The average Bonchev–Trinajstić information content (AvgIpc) is 3.10. The van der Waals surface area contributed by atoms with Gasteiger partial charge in [0.05, 0.1) is 14.2 Å². The molecule has 1 saturated heterocycles. The van der Waals surface area contributed by atoms with E-state index in [0.29, 0.717) is 26.2 Å². The van der Waals surface area contributed by atoms with Crippen LogP contribution in [0.25, 0.3) is 0 Å². The van der Waals surface area contributed by atoms with E-state index in [9.17, 15) is 13.2 Å². The van der Waals surface area contributed by atoms with E-state index in [1.54, 1.807) is 14.2 Å². The number of carbonyl (C=O) groups excluding carboxylic acids is 1. The molecule has 0 atom stereocenters. The summed E-state index contributed by atoms with van der Waals surface area (Å²) in [5, 5.41) is 0. The zero-order chi connectivity index (χ0) is 19.6. The standard InChI is InChI=1S/C18H23N3O5S/c1-19-13-16(12-17(19)18(22)26-3)27(23,24)21-9-7-20(8-10-21)14-5-4-6-15(11-14)25-2/h4-6,11-13H,7-10H2,1-3H3. The molecule has 146 valence electrons. The van der Waals surface area contributed by atoms with E-state index in [4.69, 9.17) is 4.74 Å². The van der Waals surface area contributed by atoms with Crippen LogP contribution in [0.15, 0.2) is 41.4 Å². The average molecular weight is 393 g/mol. The van der Waals surface area contributed by atoms with Crippen LogP contribution in [-0.4, -0.2) is 63.7 Å². The Morgan fingerprint density at radius 2 is 1.78 bits per heavy atom. The Morgan fingerprint density at radius 1 is 1.07 bits per heavy atom. The molecule has 27 heavy (non-hydrogen) atoms. The Balaban J connectivity index is 1.74. The first kappa shape index (κ1) is 19.2. The molecule has 0 unspecified atom stereocenters. The smallest absolute Gasteiger partial charge is 0.354 e. The van der Waals surface area contributed by atoms with Crippen molar-refractivity contribution in [2.75, 3.05) is 45.3 Å². The molecule has 0 N–H and O–H groups in total. The third kappa shape index (κ3) is 3.79. The van der Waals surface area contributed by atoms with Gasteiger partial charge in [0.15, 0.2) is 0 Å². The molecule has 1 fully saturated rings. The maximum absolute atomic E-state index is 12.9. The summed E-state index contributed by atoms with van der Waals surface area (Å²) < 4.78 is 38.7. The van der Waals surface area contributed by atoms with Crippen molar-refractivity contribution in [2.24, 2.45) is 7.05 Å².